The van der Waals surface area contributed by atoms with Gasteiger partial charge < -0.3 is 10.4 Å². The van der Waals surface area contributed by atoms with Crippen LogP contribution in [0.1, 0.15) is 25.5 Å². The molecule has 126 valence electrons. The first-order chi connectivity index (χ1) is 9.86. The van der Waals surface area contributed by atoms with Crippen molar-refractivity contribution in [1.82, 2.24) is 10.2 Å². The number of aliphatic hydroxyl groups is 1. The van der Waals surface area contributed by atoms with Crippen molar-refractivity contribution >= 4 is 12.4 Å². The van der Waals surface area contributed by atoms with Crippen LogP contribution in [0.5, 0.6) is 0 Å². The second-order valence-electron chi connectivity index (χ2n) is 6.12. The van der Waals surface area contributed by atoms with Crippen LogP contribution in [0.15, 0.2) is 12.1 Å². The molecule has 1 atom stereocenters. The Balaban J connectivity index is 0.00000242. The van der Waals surface area contributed by atoms with Crippen LogP contribution in [0.4, 0.5) is 13.2 Å². The molecule has 0 unspecified atom stereocenters. The predicted molar refractivity (Wildman–Crippen MR) is 81.6 cm³/mol. The molecule has 0 aliphatic carbocycles. The molecule has 0 radical (unpaired) electrons. The van der Waals surface area contributed by atoms with Gasteiger partial charge in [0.15, 0.2) is 0 Å². The second kappa shape index (κ2) is 7.64. The summed E-state index contributed by atoms with van der Waals surface area (Å²) in [6.07, 6.45) is 0. The van der Waals surface area contributed by atoms with E-state index in [0.29, 0.717) is 38.3 Å². The Kier molecular flexibility index (Phi) is 6.67. The van der Waals surface area contributed by atoms with Gasteiger partial charge in [-0.05, 0) is 0 Å². The maximum atomic E-state index is 14.2. The molecule has 2 N–H and O–H groups in total. The van der Waals surface area contributed by atoms with Crippen LogP contribution in [-0.2, 0) is 0 Å². The Bertz CT molecular complexity index is 485. The number of benzene rings is 1. The van der Waals surface area contributed by atoms with Crippen LogP contribution in [0.2, 0.25) is 0 Å². The summed E-state index contributed by atoms with van der Waals surface area (Å²) in [4.78, 5) is 1.94. The number of hydrogen-bond donors (Lipinski definition) is 2. The lowest BCUT2D eigenvalue weighted by atomic mass is 9.79. The van der Waals surface area contributed by atoms with E-state index in [1.807, 2.05) is 4.90 Å². The molecule has 0 saturated carbocycles. The zero-order chi connectivity index (χ0) is 15.6. The molecule has 0 bridgehead atoms. The van der Waals surface area contributed by atoms with Crippen LogP contribution in [-0.4, -0.2) is 42.8 Å². The van der Waals surface area contributed by atoms with E-state index in [-0.39, 0.29) is 24.6 Å². The summed E-state index contributed by atoms with van der Waals surface area (Å²) < 4.78 is 41.5. The number of aliphatic hydroxyl groups excluding tert-OH is 1. The molecule has 1 aliphatic heterocycles. The summed E-state index contributed by atoms with van der Waals surface area (Å²) in [5, 5.41) is 12.8. The number of halogens is 4. The molecular formula is C15H22ClF3N2O. The summed E-state index contributed by atoms with van der Waals surface area (Å²) in [6, 6.07) is 0.743. The molecule has 1 saturated heterocycles. The lowest BCUT2D eigenvalue weighted by Gasteiger charge is -2.43. The molecule has 0 aromatic heterocycles. The van der Waals surface area contributed by atoms with Gasteiger partial charge in [-0.1, -0.05) is 13.8 Å². The summed E-state index contributed by atoms with van der Waals surface area (Å²) in [6.45, 7) is 5.93. The molecule has 22 heavy (non-hydrogen) atoms. The van der Waals surface area contributed by atoms with Crippen molar-refractivity contribution < 1.29 is 18.3 Å². The highest BCUT2D eigenvalue weighted by molar-refractivity contribution is 5.85. The maximum absolute atomic E-state index is 14.2. The van der Waals surface area contributed by atoms with Crippen LogP contribution >= 0.6 is 12.4 Å². The highest BCUT2D eigenvalue weighted by Crippen LogP contribution is 2.40. The molecule has 1 aliphatic rings. The lowest BCUT2D eigenvalue weighted by molar-refractivity contribution is 0.0265. The average Bonchev–Trinajstić information content (AvgIpc) is 2.43. The average molecular weight is 339 g/mol. The fraction of sp³-hybridized carbons (Fsp3) is 0.600. The molecule has 1 aromatic rings. The molecule has 1 aromatic carbocycles. The van der Waals surface area contributed by atoms with Gasteiger partial charge in [-0.25, -0.2) is 13.2 Å². The van der Waals surface area contributed by atoms with E-state index in [1.165, 1.54) is 0 Å². The number of piperazine rings is 1. The molecule has 1 fully saturated rings. The molecule has 1 heterocycles. The zero-order valence-corrected chi connectivity index (χ0v) is 13.5. The number of nitrogens with one attached hydrogen (secondary N) is 1. The van der Waals surface area contributed by atoms with Gasteiger partial charge in [0, 0.05) is 61.9 Å². The Hall–Kier alpha value is -0.820. The van der Waals surface area contributed by atoms with E-state index in [0.717, 1.165) is 0 Å². The monoisotopic (exact) mass is 338 g/mol. The predicted octanol–water partition coefficient (Wildman–Crippen LogP) is 2.49. The van der Waals surface area contributed by atoms with E-state index in [1.54, 1.807) is 13.8 Å². The first kappa shape index (κ1) is 19.2. The Morgan fingerprint density at radius 1 is 1.18 bits per heavy atom. The highest BCUT2D eigenvalue weighted by atomic mass is 35.5. The van der Waals surface area contributed by atoms with Gasteiger partial charge in [-0.15, -0.1) is 12.4 Å². The van der Waals surface area contributed by atoms with E-state index >= 15 is 0 Å². The quantitative estimate of drug-likeness (QED) is 0.885. The third-order valence-electron chi connectivity index (χ3n) is 3.98. The standard InChI is InChI=1S/C15H21F3N2O.ClH/c1-15(2,9-21)14(20-5-3-19-4-6-20)13-11(17)7-10(16)8-12(13)18;/h7-8,14,19,21H,3-6,9H2,1-2H3;1H/t14-;/m1./s1. The van der Waals surface area contributed by atoms with Crippen molar-refractivity contribution in [3.63, 3.8) is 0 Å². The molecule has 3 nitrogen and oxygen atoms in total. The van der Waals surface area contributed by atoms with Crippen molar-refractivity contribution in [2.24, 2.45) is 5.41 Å². The summed E-state index contributed by atoms with van der Waals surface area (Å²) in [5.41, 5.74) is -0.922. The van der Waals surface area contributed by atoms with Crippen LogP contribution in [0, 0.1) is 22.9 Å². The summed E-state index contributed by atoms with van der Waals surface area (Å²) in [7, 11) is 0. The van der Waals surface area contributed by atoms with Gasteiger partial charge in [0.2, 0.25) is 0 Å². The largest absolute Gasteiger partial charge is 0.396 e. The minimum absolute atomic E-state index is 0. The van der Waals surface area contributed by atoms with Crippen LogP contribution < -0.4 is 5.32 Å². The lowest BCUT2D eigenvalue weighted by Crippen LogP contribution is -2.50. The first-order valence-corrected chi connectivity index (χ1v) is 7.07. The van der Waals surface area contributed by atoms with Crippen molar-refractivity contribution in [1.29, 1.82) is 0 Å². The fourth-order valence-corrected chi connectivity index (χ4v) is 2.91. The minimum atomic E-state index is -0.936. The van der Waals surface area contributed by atoms with Gasteiger partial charge in [-0.3, -0.25) is 4.90 Å². The first-order valence-electron chi connectivity index (χ1n) is 7.07. The van der Waals surface area contributed by atoms with Gasteiger partial charge >= 0.3 is 0 Å². The smallest absolute Gasteiger partial charge is 0.133 e. The molecule has 0 amide bonds. The number of hydrogen-bond acceptors (Lipinski definition) is 3. The Labute approximate surface area is 134 Å². The summed E-state index contributed by atoms with van der Waals surface area (Å²) >= 11 is 0. The molecule has 2 rings (SSSR count). The van der Waals surface area contributed by atoms with E-state index in [9.17, 15) is 18.3 Å². The van der Waals surface area contributed by atoms with Gasteiger partial charge in [0.1, 0.15) is 17.5 Å². The fourth-order valence-electron chi connectivity index (χ4n) is 2.91. The second-order valence-corrected chi connectivity index (χ2v) is 6.12. The molecule has 7 heteroatoms. The van der Waals surface area contributed by atoms with Crippen molar-refractivity contribution in [3.05, 3.63) is 35.1 Å². The third kappa shape index (κ3) is 3.93. The Morgan fingerprint density at radius 2 is 1.68 bits per heavy atom. The zero-order valence-electron chi connectivity index (χ0n) is 12.7. The van der Waals surface area contributed by atoms with Gasteiger partial charge in [0.05, 0.1) is 0 Å². The van der Waals surface area contributed by atoms with Crippen LogP contribution in [0.25, 0.3) is 0 Å². The molecular weight excluding hydrogens is 317 g/mol. The van der Waals surface area contributed by atoms with Crippen molar-refractivity contribution in [2.45, 2.75) is 19.9 Å². The minimum Gasteiger partial charge on any atom is -0.396 e. The molecule has 0 spiro atoms. The number of nitrogens with zero attached hydrogens (tertiary/aromatic N) is 1. The maximum Gasteiger partial charge on any atom is 0.133 e. The SMILES string of the molecule is CC(C)(CO)[C@@H](c1c(F)cc(F)cc1F)N1CCNCC1.Cl. The van der Waals surface area contributed by atoms with Crippen molar-refractivity contribution in [3.8, 4) is 0 Å². The van der Waals surface area contributed by atoms with E-state index in [2.05, 4.69) is 5.32 Å². The normalized spacial score (nSPS) is 17.9. The van der Waals surface area contributed by atoms with Gasteiger partial charge in [0.25, 0.3) is 0 Å². The van der Waals surface area contributed by atoms with Crippen LogP contribution in [0.3, 0.4) is 0 Å². The Morgan fingerprint density at radius 3 is 2.14 bits per heavy atom. The summed E-state index contributed by atoms with van der Waals surface area (Å²) in [5.74, 6) is -2.75. The van der Waals surface area contributed by atoms with E-state index in [4.69, 9.17) is 0 Å². The van der Waals surface area contributed by atoms with Crippen molar-refractivity contribution in [2.75, 3.05) is 32.8 Å². The topological polar surface area (TPSA) is 35.5 Å². The number of rotatable bonds is 4. The third-order valence-corrected chi connectivity index (χ3v) is 3.98. The van der Waals surface area contributed by atoms with E-state index < -0.39 is 28.9 Å². The highest BCUT2D eigenvalue weighted by Gasteiger charge is 2.39. The van der Waals surface area contributed by atoms with Gasteiger partial charge in [-0.2, -0.15) is 0 Å².